The molecule has 25 heavy (non-hydrogen) atoms. The number of piperidine rings is 1. The molecule has 1 saturated heterocycles. The summed E-state index contributed by atoms with van der Waals surface area (Å²) in [4.78, 5) is 28.2. The van der Waals surface area contributed by atoms with Gasteiger partial charge in [-0.15, -0.1) is 0 Å². The summed E-state index contributed by atoms with van der Waals surface area (Å²) in [7, 11) is 0. The lowest BCUT2D eigenvalue weighted by Crippen LogP contribution is -2.39. The van der Waals surface area contributed by atoms with Crippen LogP contribution in [-0.2, 0) is 4.79 Å². The Morgan fingerprint density at radius 1 is 0.920 bits per heavy atom. The van der Waals surface area contributed by atoms with Crippen LogP contribution in [0.25, 0.3) is 0 Å². The molecule has 0 aromatic heterocycles. The SMILES string of the molecule is CC(=O)N1CCC(C(=O)c2ccc(Sc3ccc(C)cc3)cc2)CC1. The van der Waals surface area contributed by atoms with E-state index in [1.165, 1.54) is 10.5 Å². The summed E-state index contributed by atoms with van der Waals surface area (Å²) in [5.74, 6) is 0.338. The van der Waals surface area contributed by atoms with Gasteiger partial charge in [-0.25, -0.2) is 0 Å². The minimum absolute atomic E-state index is 0.0335. The molecule has 0 spiro atoms. The monoisotopic (exact) mass is 353 g/mol. The largest absolute Gasteiger partial charge is 0.343 e. The predicted octanol–water partition coefficient (Wildman–Crippen LogP) is 4.59. The Kier molecular flexibility index (Phi) is 5.59. The molecule has 0 radical (unpaired) electrons. The van der Waals surface area contributed by atoms with Crippen molar-refractivity contribution in [3.8, 4) is 0 Å². The number of rotatable bonds is 4. The minimum atomic E-state index is 0.0335. The molecule has 0 aliphatic carbocycles. The van der Waals surface area contributed by atoms with Gasteiger partial charge in [0.25, 0.3) is 0 Å². The summed E-state index contributed by atoms with van der Waals surface area (Å²) in [6.45, 7) is 5.04. The standard InChI is InChI=1S/C21H23NO2S/c1-15-3-7-19(8-4-15)25-20-9-5-17(6-10-20)21(24)18-11-13-22(14-12-18)16(2)23/h3-10,18H,11-14H2,1-2H3. The fourth-order valence-corrected chi connectivity index (χ4v) is 3.94. The van der Waals surface area contributed by atoms with Crippen LogP contribution in [0.3, 0.4) is 0 Å². The first-order valence-corrected chi connectivity index (χ1v) is 9.49. The number of aryl methyl sites for hydroxylation is 1. The van der Waals surface area contributed by atoms with Crippen LogP contribution in [0.1, 0.15) is 35.7 Å². The van der Waals surface area contributed by atoms with Crippen molar-refractivity contribution in [2.45, 2.75) is 36.5 Å². The number of hydrogen-bond donors (Lipinski definition) is 0. The molecule has 0 unspecified atom stereocenters. The molecule has 1 aliphatic rings. The maximum Gasteiger partial charge on any atom is 0.219 e. The van der Waals surface area contributed by atoms with Crippen molar-refractivity contribution in [3.63, 3.8) is 0 Å². The van der Waals surface area contributed by atoms with Crippen LogP contribution in [-0.4, -0.2) is 29.7 Å². The Morgan fingerprint density at radius 2 is 1.44 bits per heavy atom. The molecule has 0 bridgehead atoms. The van der Waals surface area contributed by atoms with Crippen molar-refractivity contribution >= 4 is 23.5 Å². The molecule has 4 heteroatoms. The van der Waals surface area contributed by atoms with Crippen LogP contribution in [0.5, 0.6) is 0 Å². The van der Waals surface area contributed by atoms with Gasteiger partial charge in [0, 0.05) is 41.3 Å². The molecule has 2 aromatic carbocycles. The molecule has 1 amide bonds. The van der Waals surface area contributed by atoms with E-state index in [1.54, 1.807) is 18.7 Å². The third-order valence-electron chi connectivity index (χ3n) is 4.71. The summed E-state index contributed by atoms with van der Waals surface area (Å²) >= 11 is 1.70. The summed E-state index contributed by atoms with van der Waals surface area (Å²) in [5, 5.41) is 0. The topological polar surface area (TPSA) is 37.4 Å². The van der Waals surface area contributed by atoms with Gasteiger partial charge in [-0.3, -0.25) is 9.59 Å². The fourth-order valence-electron chi connectivity index (χ4n) is 3.12. The van der Waals surface area contributed by atoms with Gasteiger partial charge < -0.3 is 4.90 Å². The van der Waals surface area contributed by atoms with E-state index in [0.29, 0.717) is 13.1 Å². The Labute approximate surface area is 153 Å². The Balaban J connectivity index is 1.61. The average molecular weight is 353 g/mol. The first-order valence-electron chi connectivity index (χ1n) is 8.67. The molecule has 2 aromatic rings. The van der Waals surface area contributed by atoms with Crippen molar-refractivity contribution in [2.75, 3.05) is 13.1 Å². The maximum atomic E-state index is 12.7. The normalized spacial score (nSPS) is 15.2. The van der Waals surface area contributed by atoms with Gasteiger partial charge in [0.05, 0.1) is 0 Å². The van der Waals surface area contributed by atoms with Crippen molar-refractivity contribution < 1.29 is 9.59 Å². The lowest BCUT2D eigenvalue weighted by molar-refractivity contribution is -0.130. The van der Waals surface area contributed by atoms with E-state index in [4.69, 9.17) is 0 Å². The van der Waals surface area contributed by atoms with E-state index in [-0.39, 0.29) is 17.6 Å². The van der Waals surface area contributed by atoms with E-state index in [2.05, 4.69) is 31.2 Å². The quantitative estimate of drug-likeness (QED) is 0.755. The molecule has 0 atom stereocenters. The van der Waals surface area contributed by atoms with Gasteiger partial charge >= 0.3 is 0 Å². The number of carbonyl (C=O) groups is 2. The zero-order valence-corrected chi connectivity index (χ0v) is 15.5. The highest BCUT2D eigenvalue weighted by Crippen LogP contribution is 2.29. The number of likely N-dealkylation sites (tertiary alicyclic amines) is 1. The van der Waals surface area contributed by atoms with Crippen LogP contribution < -0.4 is 0 Å². The molecule has 0 N–H and O–H groups in total. The average Bonchev–Trinajstić information content (AvgIpc) is 2.64. The Hall–Kier alpha value is -2.07. The van der Waals surface area contributed by atoms with Gasteiger partial charge in [-0.05, 0) is 44.0 Å². The zero-order chi connectivity index (χ0) is 17.8. The highest BCUT2D eigenvalue weighted by Gasteiger charge is 2.26. The van der Waals surface area contributed by atoms with E-state index < -0.39 is 0 Å². The first kappa shape index (κ1) is 17.7. The van der Waals surface area contributed by atoms with E-state index >= 15 is 0 Å². The predicted molar refractivity (Wildman–Crippen MR) is 101 cm³/mol. The minimum Gasteiger partial charge on any atom is -0.343 e. The van der Waals surface area contributed by atoms with Gasteiger partial charge in [0.2, 0.25) is 5.91 Å². The van der Waals surface area contributed by atoms with E-state index in [9.17, 15) is 9.59 Å². The zero-order valence-electron chi connectivity index (χ0n) is 14.7. The van der Waals surface area contributed by atoms with Crippen LogP contribution in [0.2, 0.25) is 0 Å². The van der Waals surface area contributed by atoms with Crippen LogP contribution in [0, 0.1) is 12.8 Å². The summed E-state index contributed by atoms with van der Waals surface area (Å²) in [6.07, 6.45) is 1.52. The Bertz CT molecular complexity index is 744. The summed E-state index contributed by atoms with van der Waals surface area (Å²) in [5.41, 5.74) is 2.02. The van der Waals surface area contributed by atoms with Gasteiger partial charge in [-0.2, -0.15) is 0 Å². The number of nitrogens with zero attached hydrogens (tertiary/aromatic N) is 1. The number of Topliss-reactive ketones (excluding diaryl/α,β-unsaturated/α-hetero) is 1. The van der Waals surface area contributed by atoms with Crippen LogP contribution >= 0.6 is 11.8 Å². The number of carbonyl (C=O) groups excluding carboxylic acids is 2. The van der Waals surface area contributed by atoms with Gasteiger partial charge in [0.1, 0.15) is 0 Å². The molecular weight excluding hydrogens is 330 g/mol. The molecule has 0 saturated carbocycles. The summed E-state index contributed by atoms with van der Waals surface area (Å²) in [6, 6.07) is 16.3. The van der Waals surface area contributed by atoms with Crippen molar-refractivity contribution in [1.82, 2.24) is 4.90 Å². The fraction of sp³-hybridized carbons (Fsp3) is 0.333. The van der Waals surface area contributed by atoms with Crippen molar-refractivity contribution in [2.24, 2.45) is 5.92 Å². The first-order chi connectivity index (χ1) is 12.0. The summed E-state index contributed by atoms with van der Waals surface area (Å²) < 4.78 is 0. The third kappa shape index (κ3) is 4.51. The van der Waals surface area contributed by atoms with Crippen LogP contribution in [0.15, 0.2) is 58.3 Å². The van der Waals surface area contributed by atoms with E-state index in [1.807, 2.05) is 29.2 Å². The van der Waals surface area contributed by atoms with Crippen molar-refractivity contribution in [3.05, 3.63) is 59.7 Å². The smallest absolute Gasteiger partial charge is 0.219 e. The molecule has 3 nitrogen and oxygen atoms in total. The van der Waals surface area contributed by atoms with Gasteiger partial charge in [0.15, 0.2) is 5.78 Å². The van der Waals surface area contributed by atoms with Crippen molar-refractivity contribution in [1.29, 1.82) is 0 Å². The second-order valence-corrected chi connectivity index (χ2v) is 7.73. The lowest BCUT2D eigenvalue weighted by Gasteiger charge is -2.30. The molecule has 1 fully saturated rings. The second-order valence-electron chi connectivity index (χ2n) is 6.58. The van der Waals surface area contributed by atoms with Gasteiger partial charge in [-0.1, -0.05) is 41.6 Å². The molecule has 1 heterocycles. The molecular formula is C21H23NO2S. The maximum absolute atomic E-state index is 12.7. The molecule has 130 valence electrons. The molecule has 3 rings (SSSR count). The Morgan fingerprint density at radius 3 is 1.96 bits per heavy atom. The number of amides is 1. The number of ketones is 1. The highest BCUT2D eigenvalue weighted by atomic mass is 32.2. The number of hydrogen-bond acceptors (Lipinski definition) is 3. The van der Waals surface area contributed by atoms with E-state index in [0.717, 1.165) is 23.3 Å². The second kappa shape index (κ2) is 7.87. The number of benzene rings is 2. The molecule has 1 aliphatic heterocycles. The van der Waals surface area contributed by atoms with Crippen LogP contribution in [0.4, 0.5) is 0 Å². The lowest BCUT2D eigenvalue weighted by atomic mass is 9.89. The third-order valence-corrected chi connectivity index (χ3v) is 5.72. The highest BCUT2D eigenvalue weighted by molar-refractivity contribution is 7.99.